The second-order valence-electron chi connectivity index (χ2n) is 15.7. The van der Waals surface area contributed by atoms with Crippen LogP contribution < -0.4 is 15.5 Å². The quantitative estimate of drug-likeness (QED) is 0.0251. The van der Waals surface area contributed by atoms with Crippen molar-refractivity contribution in [2.75, 3.05) is 13.2 Å². The first-order chi connectivity index (χ1) is 26.8. The van der Waals surface area contributed by atoms with Gasteiger partial charge in [0.25, 0.3) is 0 Å². The first-order valence-corrected chi connectivity index (χ1v) is 20.5. The first-order valence-electron chi connectivity index (χ1n) is 20.5. The third-order valence-electron chi connectivity index (χ3n) is 10.7. The van der Waals surface area contributed by atoms with Gasteiger partial charge in [0.2, 0.25) is 11.8 Å². The molecule has 9 atom stereocenters. The molecule has 0 saturated carbocycles. The number of aliphatic hydroxyl groups is 1. The number of nitrogens with one attached hydrogen (secondary N) is 2. The molecule has 0 radical (unpaired) electrons. The lowest BCUT2D eigenvalue weighted by atomic mass is 9.87. The molecule has 1 aromatic carbocycles. The van der Waals surface area contributed by atoms with Crippen LogP contribution in [0.2, 0.25) is 0 Å². The van der Waals surface area contributed by atoms with Crippen LogP contribution in [0.3, 0.4) is 0 Å². The summed E-state index contributed by atoms with van der Waals surface area (Å²) in [7, 11) is 0. The van der Waals surface area contributed by atoms with Crippen LogP contribution in [0.1, 0.15) is 118 Å². The van der Waals surface area contributed by atoms with Crippen LogP contribution in [0.15, 0.2) is 65.3 Å². The molecule has 9 unspecified atom stereocenters. The van der Waals surface area contributed by atoms with E-state index in [-0.39, 0.29) is 42.4 Å². The van der Waals surface area contributed by atoms with Crippen molar-refractivity contribution in [1.82, 2.24) is 10.7 Å². The smallest absolute Gasteiger partial charge is 0.303 e. The lowest BCUT2D eigenvalue weighted by Gasteiger charge is -2.39. The lowest BCUT2D eigenvalue weighted by Crippen LogP contribution is -2.50. The third-order valence-corrected chi connectivity index (χ3v) is 10.7. The number of aliphatic hydroxyl groups excluding tert-OH is 1. The molecule has 1 aromatic rings. The van der Waals surface area contributed by atoms with Gasteiger partial charge in [0.1, 0.15) is 29.7 Å². The maximum absolute atomic E-state index is 13.0. The van der Waals surface area contributed by atoms with Crippen LogP contribution in [0.25, 0.3) is 0 Å². The van der Waals surface area contributed by atoms with Gasteiger partial charge >= 0.3 is 5.97 Å². The molecular formula is C44H65N3O9. The average molecular weight is 780 g/mol. The average Bonchev–Trinajstić information content (AvgIpc) is 3.93. The van der Waals surface area contributed by atoms with Crippen molar-refractivity contribution in [1.29, 1.82) is 0 Å². The van der Waals surface area contributed by atoms with Gasteiger partial charge in [-0.15, -0.1) is 0 Å². The van der Waals surface area contributed by atoms with Crippen LogP contribution >= 0.6 is 0 Å². The highest BCUT2D eigenvalue weighted by atomic mass is 16.6. The minimum atomic E-state index is -0.849. The topological polar surface area (TPSA) is 157 Å². The van der Waals surface area contributed by atoms with Crippen LogP contribution in [-0.4, -0.2) is 90.1 Å². The Labute approximate surface area is 333 Å². The van der Waals surface area contributed by atoms with Gasteiger partial charge in [-0.25, -0.2) is 5.43 Å². The molecule has 12 nitrogen and oxygen atoms in total. The molecule has 3 aliphatic rings. The van der Waals surface area contributed by atoms with E-state index in [4.69, 9.17) is 23.7 Å². The summed E-state index contributed by atoms with van der Waals surface area (Å²) in [5.41, 5.74) is 4.51. The molecular weight excluding hydrogens is 714 g/mol. The second-order valence-corrected chi connectivity index (χ2v) is 15.7. The van der Waals surface area contributed by atoms with Gasteiger partial charge in [-0.3, -0.25) is 14.4 Å². The van der Waals surface area contributed by atoms with Gasteiger partial charge < -0.3 is 34.1 Å². The van der Waals surface area contributed by atoms with Crippen LogP contribution in [0, 0.1) is 5.92 Å². The van der Waals surface area contributed by atoms with Gasteiger partial charge in [0.05, 0.1) is 49.7 Å². The number of ether oxygens (including phenoxy) is 5. The van der Waals surface area contributed by atoms with E-state index in [1.807, 2.05) is 57.2 Å². The Morgan fingerprint density at radius 2 is 1.75 bits per heavy atom. The molecule has 1 spiro atoms. The number of hydrazone groups is 1. The molecule has 0 aromatic heterocycles. The summed E-state index contributed by atoms with van der Waals surface area (Å²) in [6.07, 6.45) is 15.4. The molecule has 3 aliphatic heterocycles. The number of rotatable bonds is 20. The standard InChI is InChI=1S/C44H65N3O9/c1-8-9-10-11-12-13-24-52-36-19-17-35(18-20-36)32(5)46-47-42(50)26-37-27-44(28-53-44)43(51)40(56-37)22-15-29(2)14-21-39-30(3)25-38(33(6)55-39)45-41(49)23-16-31(4)54-34(7)48/h14-20,22-23,30-31,33,37-40,43,51H,8-13,21,24-28H2,1-7H3,(H,45,49)(H,47,50). The van der Waals surface area contributed by atoms with Crippen molar-refractivity contribution in [3.05, 3.63) is 65.8 Å². The Kier molecular flexibility index (Phi) is 17.8. The van der Waals surface area contributed by atoms with Gasteiger partial charge in [0, 0.05) is 19.4 Å². The van der Waals surface area contributed by atoms with Crippen molar-refractivity contribution in [2.24, 2.45) is 11.0 Å². The van der Waals surface area contributed by atoms with E-state index in [1.165, 1.54) is 45.1 Å². The van der Waals surface area contributed by atoms with Gasteiger partial charge in [0.15, 0.2) is 0 Å². The van der Waals surface area contributed by atoms with E-state index in [2.05, 4.69) is 35.8 Å². The molecule has 4 rings (SSSR count). The fourth-order valence-corrected chi connectivity index (χ4v) is 7.21. The zero-order valence-electron chi connectivity index (χ0n) is 34.5. The monoisotopic (exact) mass is 779 g/mol. The van der Waals surface area contributed by atoms with Crippen molar-refractivity contribution in [3.8, 4) is 5.75 Å². The van der Waals surface area contributed by atoms with Crippen LogP contribution in [-0.2, 0) is 33.3 Å². The van der Waals surface area contributed by atoms with Crippen molar-refractivity contribution in [2.45, 2.75) is 161 Å². The highest BCUT2D eigenvalue weighted by Gasteiger charge is 2.58. The van der Waals surface area contributed by atoms with Crippen molar-refractivity contribution < 1.29 is 43.2 Å². The number of epoxide rings is 1. The highest BCUT2D eigenvalue weighted by molar-refractivity contribution is 5.99. The summed E-state index contributed by atoms with van der Waals surface area (Å²) in [5, 5.41) is 18.4. The van der Waals surface area contributed by atoms with E-state index < -0.39 is 36.0 Å². The summed E-state index contributed by atoms with van der Waals surface area (Å²) >= 11 is 0. The highest BCUT2D eigenvalue weighted by Crippen LogP contribution is 2.43. The molecule has 3 N–H and O–H groups in total. The normalized spacial score (nSPS) is 28.7. The number of allylic oxidation sites excluding steroid dienone is 2. The lowest BCUT2D eigenvalue weighted by molar-refractivity contribution is -0.145. The number of amides is 2. The molecule has 0 aliphatic carbocycles. The van der Waals surface area contributed by atoms with E-state index in [0.29, 0.717) is 31.8 Å². The number of unbranched alkanes of at least 4 members (excludes halogenated alkanes) is 5. The molecule has 12 heteroatoms. The third kappa shape index (κ3) is 14.6. The predicted molar refractivity (Wildman–Crippen MR) is 216 cm³/mol. The summed E-state index contributed by atoms with van der Waals surface area (Å²) in [4.78, 5) is 36.5. The van der Waals surface area contributed by atoms with E-state index >= 15 is 0 Å². The molecule has 3 fully saturated rings. The van der Waals surface area contributed by atoms with E-state index in [1.54, 1.807) is 13.0 Å². The number of hydrogen-bond acceptors (Lipinski definition) is 10. The summed E-state index contributed by atoms with van der Waals surface area (Å²) < 4.78 is 29.2. The SMILES string of the molecule is CCCCCCCCOc1ccc(C(C)=NNC(=O)CC2CC3(CO3)C(O)C(C=CC(C)=CCC3OC(C)C(NC(=O)C=CC(C)OC(C)=O)CC3C)O2)cc1. The molecule has 310 valence electrons. The number of nitrogens with zero attached hydrogens (tertiary/aromatic N) is 1. The van der Waals surface area contributed by atoms with Gasteiger partial charge in [-0.2, -0.15) is 5.10 Å². The minimum absolute atomic E-state index is 0.0250. The van der Waals surface area contributed by atoms with Crippen molar-refractivity contribution >= 4 is 23.5 Å². The zero-order valence-corrected chi connectivity index (χ0v) is 34.5. The molecule has 0 bridgehead atoms. The van der Waals surface area contributed by atoms with E-state index in [9.17, 15) is 19.5 Å². The Morgan fingerprint density at radius 3 is 2.45 bits per heavy atom. The summed E-state index contributed by atoms with van der Waals surface area (Å²) in [6, 6.07) is 7.59. The number of carbonyl (C=O) groups is 3. The van der Waals surface area contributed by atoms with Gasteiger partial charge in [-0.05, 0) is 88.8 Å². The summed E-state index contributed by atoms with van der Waals surface area (Å²) in [5.74, 6) is 0.0875. The second kappa shape index (κ2) is 22.2. The molecule has 3 saturated heterocycles. The number of hydrogen-bond donors (Lipinski definition) is 3. The Hall–Kier alpha value is -3.84. The van der Waals surface area contributed by atoms with Crippen LogP contribution in [0.4, 0.5) is 0 Å². The number of benzene rings is 1. The fourth-order valence-electron chi connectivity index (χ4n) is 7.21. The predicted octanol–water partition coefficient (Wildman–Crippen LogP) is 6.64. The molecule has 56 heavy (non-hydrogen) atoms. The maximum Gasteiger partial charge on any atom is 0.303 e. The van der Waals surface area contributed by atoms with E-state index in [0.717, 1.165) is 29.7 Å². The Morgan fingerprint density at radius 1 is 1.04 bits per heavy atom. The number of carbonyl (C=O) groups excluding carboxylic acids is 3. The fraction of sp³-hybridized carbons (Fsp3) is 0.636. The first kappa shape index (κ1) is 44.9. The van der Waals surface area contributed by atoms with Crippen LogP contribution in [0.5, 0.6) is 5.75 Å². The molecule has 3 heterocycles. The number of esters is 1. The van der Waals surface area contributed by atoms with Crippen molar-refractivity contribution in [3.63, 3.8) is 0 Å². The Bertz CT molecular complexity index is 1550. The molecule has 2 amide bonds. The largest absolute Gasteiger partial charge is 0.494 e. The minimum Gasteiger partial charge on any atom is -0.494 e. The maximum atomic E-state index is 13.0. The summed E-state index contributed by atoms with van der Waals surface area (Å²) in [6.45, 7) is 14.3. The Balaban J connectivity index is 1.22. The zero-order chi connectivity index (χ0) is 40.7. The van der Waals surface area contributed by atoms with Gasteiger partial charge in [-0.1, -0.05) is 69.8 Å².